The van der Waals surface area contributed by atoms with Gasteiger partial charge < -0.3 is 14.9 Å². The zero-order valence-corrected chi connectivity index (χ0v) is 7.06. The van der Waals surface area contributed by atoms with Crippen molar-refractivity contribution in [3.05, 3.63) is 0 Å². The number of aliphatic hydroxyl groups is 2. The van der Waals surface area contributed by atoms with Gasteiger partial charge in [-0.15, -0.1) is 0 Å². The van der Waals surface area contributed by atoms with E-state index in [1.165, 1.54) is 0 Å². The Morgan fingerprint density at radius 3 is 2.58 bits per heavy atom. The Morgan fingerprint density at radius 2 is 2.17 bits per heavy atom. The predicted molar refractivity (Wildman–Crippen MR) is 41.4 cm³/mol. The molecule has 0 radical (unpaired) electrons. The number of ether oxygens (including phenoxy) is 1. The molecule has 1 aliphatic carbocycles. The molecule has 12 heavy (non-hydrogen) atoms. The first-order valence-electron chi connectivity index (χ1n) is 4.19. The molecule has 2 atom stereocenters. The van der Waals surface area contributed by atoms with Crippen LogP contribution in [0.1, 0.15) is 19.8 Å². The highest BCUT2D eigenvalue weighted by atomic mass is 16.5. The van der Waals surface area contributed by atoms with E-state index in [1.807, 2.05) is 0 Å². The van der Waals surface area contributed by atoms with Crippen LogP contribution < -0.4 is 0 Å². The lowest BCUT2D eigenvalue weighted by Crippen LogP contribution is -2.36. The maximum atomic E-state index is 10.9. The topological polar surface area (TPSA) is 66.8 Å². The molecule has 0 aromatic rings. The summed E-state index contributed by atoms with van der Waals surface area (Å²) < 4.78 is 4.55. The zero-order valence-electron chi connectivity index (χ0n) is 7.06. The SMILES string of the molecule is CCOC(=O)C(O)C(O)C1CC1. The summed E-state index contributed by atoms with van der Waals surface area (Å²) in [6.45, 7) is 1.89. The van der Waals surface area contributed by atoms with Gasteiger partial charge in [0.15, 0.2) is 6.10 Å². The monoisotopic (exact) mass is 174 g/mol. The van der Waals surface area contributed by atoms with E-state index >= 15 is 0 Å². The molecule has 0 aromatic heterocycles. The van der Waals surface area contributed by atoms with Crippen molar-refractivity contribution in [1.82, 2.24) is 0 Å². The van der Waals surface area contributed by atoms with E-state index in [0.717, 1.165) is 12.8 Å². The molecule has 0 aromatic carbocycles. The number of hydrogen-bond donors (Lipinski definition) is 2. The van der Waals surface area contributed by atoms with Crippen molar-refractivity contribution in [2.75, 3.05) is 6.61 Å². The number of hydrogen-bond acceptors (Lipinski definition) is 4. The van der Waals surface area contributed by atoms with Crippen LogP contribution in [-0.4, -0.2) is 35.0 Å². The first-order valence-corrected chi connectivity index (χ1v) is 4.19. The number of esters is 1. The van der Waals surface area contributed by atoms with Crippen LogP contribution in [0.4, 0.5) is 0 Å². The molecule has 1 saturated carbocycles. The fourth-order valence-corrected chi connectivity index (χ4v) is 1.06. The van der Waals surface area contributed by atoms with Crippen LogP contribution in [0, 0.1) is 5.92 Å². The molecule has 2 unspecified atom stereocenters. The van der Waals surface area contributed by atoms with Crippen molar-refractivity contribution < 1.29 is 19.7 Å². The standard InChI is InChI=1S/C8H14O4/c1-2-12-8(11)7(10)6(9)5-3-4-5/h5-7,9-10H,2-4H2,1H3. The fraction of sp³-hybridized carbons (Fsp3) is 0.875. The minimum Gasteiger partial charge on any atom is -0.464 e. The summed E-state index contributed by atoms with van der Waals surface area (Å²) in [7, 11) is 0. The molecule has 1 fully saturated rings. The molecule has 1 aliphatic rings. The van der Waals surface area contributed by atoms with Crippen molar-refractivity contribution in [3.63, 3.8) is 0 Å². The summed E-state index contributed by atoms with van der Waals surface area (Å²) in [5.74, 6) is -0.638. The summed E-state index contributed by atoms with van der Waals surface area (Å²) >= 11 is 0. The maximum absolute atomic E-state index is 10.9. The third-order valence-corrected chi connectivity index (χ3v) is 1.96. The molecule has 0 saturated heterocycles. The van der Waals surface area contributed by atoms with Gasteiger partial charge in [-0.1, -0.05) is 0 Å². The van der Waals surface area contributed by atoms with Crippen molar-refractivity contribution in [3.8, 4) is 0 Å². The summed E-state index contributed by atoms with van der Waals surface area (Å²) in [6, 6.07) is 0. The molecule has 0 bridgehead atoms. The molecular formula is C8H14O4. The Bertz CT molecular complexity index is 164. The van der Waals surface area contributed by atoms with Gasteiger partial charge in [-0.2, -0.15) is 0 Å². The molecule has 0 heterocycles. The molecule has 2 N–H and O–H groups in total. The van der Waals surface area contributed by atoms with Gasteiger partial charge in [0.25, 0.3) is 0 Å². The molecule has 0 spiro atoms. The summed E-state index contributed by atoms with van der Waals surface area (Å²) in [5, 5.41) is 18.5. The smallest absolute Gasteiger partial charge is 0.337 e. The molecular weight excluding hydrogens is 160 g/mol. The number of rotatable bonds is 4. The second-order valence-corrected chi connectivity index (χ2v) is 3.02. The van der Waals surface area contributed by atoms with Gasteiger partial charge in [0.2, 0.25) is 0 Å². The van der Waals surface area contributed by atoms with Crippen LogP contribution in [0.2, 0.25) is 0 Å². The van der Waals surface area contributed by atoms with Gasteiger partial charge in [-0.25, -0.2) is 4.79 Å². The lowest BCUT2D eigenvalue weighted by atomic mass is 10.1. The van der Waals surface area contributed by atoms with Gasteiger partial charge in [-0.3, -0.25) is 0 Å². The first-order chi connectivity index (χ1) is 5.66. The predicted octanol–water partition coefficient (Wildman–Crippen LogP) is -0.319. The van der Waals surface area contributed by atoms with Gasteiger partial charge >= 0.3 is 5.97 Å². The number of carbonyl (C=O) groups is 1. The highest BCUT2D eigenvalue weighted by Gasteiger charge is 2.38. The van der Waals surface area contributed by atoms with Gasteiger partial charge in [0.1, 0.15) is 0 Å². The second kappa shape index (κ2) is 3.87. The lowest BCUT2D eigenvalue weighted by molar-refractivity contribution is -0.159. The third kappa shape index (κ3) is 2.19. The Labute approximate surface area is 71.2 Å². The Balaban J connectivity index is 2.33. The molecule has 0 aliphatic heterocycles. The Kier molecular flexibility index (Phi) is 3.05. The highest BCUT2D eigenvalue weighted by Crippen LogP contribution is 2.34. The second-order valence-electron chi connectivity index (χ2n) is 3.02. The highest BCUT2D eigenvalue weighted by molar-refractivity contribution is 5.75. The van der Waals surface area contributed by atoms with E-state index in [1.54, 1.807) is 6.92 Å². The molecule has 4 heteroatoms. The van der Waals surface area contributed by atoms with Crippen molar-refractivity contribution in [2.45, 2.75) is 32.0 Å². The van der Waals surface area contributed by atoms with Crippen molar-refractivity contribution in [2.24, 2.45) is 5.92 Å². The number of aliphatic hydroxyl groups excluding tert-OH is 2. The summed E-state index contributed by atoms with van der Waals surface area (Å²) in [6.07, 6.45) is -0.531. The average molecular weight is 174 g/mol. The Morgan fingerprint density at radius 1 is 1.58 bits per heavy atom. The van der Waals surface area contributed by atoms with Crippen LogP contribution in [0.15, 0.2) is 0 Å². The summed E-state index contributed by atoms with van der Waals surface area (Å²) in [4.78, 5) is 10.9. The van der Waals surface area contributed by atoms with Crippen LogP contribution in [-0.2, 0) is 9.53 Å². The van der Waals surface area contributed by atoms with E-state index in [4.69, 9.17) is 0 Å². The van der Waals surface area contributed by atoms with E-state index in [2.05, 4.69) is 4.74 Å². The lowest BCUT2D eigenvalue weighted by Gasteiger charge is -2.14. The largest absolute Gasteiger partial charge is 0.464 e. The van der Waals surface area contributed by atoms with E-state index in [0.29, 0.717) is 0 Å². The van der Waals surface area contributed by atoms with Crippen LogP contribution in [0.3, 0.4) is 0 Å². The third-order valence-electron chi connectivity index (χ3n) is 1.96. The molecule has 1 rings (SSSR count). The van der Waals surface area contributed by atoms with Crippen LogP contribution >= 0.6 is 0 Å². The molecule has 70 valence electrons. The Hall–Kier alpha value is -0.610. The van der Waals surface area contributed by atoms with E-state index in [9.17, 15) is 15.0 Å². The number of carbonyl (C=O) groups excluding carboxylic acids is 1. The van der Waals surface area contributed by atoms with E-state index < -0.39 is 18.2 Å². The molecule has 4 nitrogen and oxygen atoms in total. The average Bonchev–Trinajstić information content (AvgIpc) is 2.84. The summed E-state index contributed by atoms with van der Waals surface area (Å²) in [5.41, 5.74) is 0. The minimum atomic E-state index is -1.36. The van der Waals surface area contributed by atoms with Gasteiger partial charge in [0, 0.05) is 0 Å². The zero-order chi connectivity index (χ0) is 9.14. The van der Waals surface area contributed by atoms with Crippen molar-refractivity contribution in [1.29, 1.82) is 0 Å². The first kappa shape index (κ1) is 9.48. The van der Waals surface area contributed by atoms with Gasteiger partial charge in [0.05, 0.1) is 12.7 Å². The maximum Gasteiger partial charge on any atom is 0.337 e. The van der Waals surface area contributed by atoms with Gasteiger partial charge in [-0.05, 0) is 25.7 Å². The molecule has 0 amide bonds. The fourth-order valence-electron chi connectivity index (χ4n) is 1.06. The minimum absolute atomic E-state index is 0.0874. The quantitative estimate of drug-likeness (QED) is 0.573. The normalized spacial score (nSPS) is 21.6. The van der Waals surface area contributed by atoms with Crippen LogP contribution in [0.5, 0.6) is 0 Å². The van der Waals surface area contributed by atoms with E-state index in [-0.39, 0.29) is 12.5 Å². The van der Waals surface area contributed by atoms with Crippen LogP contribution in [0.25, 0.3) is 0 Å². The van der Waals surface area contributed by atoms with Crippen molar-refractivity contribution >= 4 is 5.97 Å².